The van der Waals surface area contributed by atoms with Gasteiger partial charge >= 0.3 is 0 Å². The Morgan fingerprint density at radius 1 is 1.30 bits per heavy atom. The third-order valence-electron chi connectivity index (χ3n) is 5.18. The molecule has 2 amide bonds. The van der Waals surface area contributed by atoms with Crippen molar-refractivity contribution in [1.29, 1.82) is 0 Å². The molecule has 0 bridgehead atoms. The summed E-state index contributed by atoms with van der Waals surface area (Å²) >= 11 is 0. The third kappa shape index (κ3) is 5.08. The van der Waals surface area contributed by atoms with E-state index in [1.165, 1.54) is 19.3 Å². The van der Waals surface area contributed by atoms with Gasteiger partial charge < -0.3 is 16.0 Å². The molecule has 1 saturated carbocycles. The maximum absolute atomic E-state index is 12.4. The standard InChI is InChI=1S/C17H31N3O2.ClH/c1-16(2,3)20-11-13(9-15(20)22)19-14(21)10-17(12-18)7-5-4-6-8-17;/h13H,4-12,18H2,1-3H3,(H,19,21);1H. The summed E-state index contributed by atoms with van der Waals surface area (Å²) in [6.07, 6.45) is 6.61. The number of likely N-dealkylation sites (tertiary alicyclic amines) is 1. The number of hydrogen-bond donors (Lipinski definition) is 2. The smallest absolute Gasteiger partial charge is 0.225 e. The average molecular weight is 346 g/mol. The molecule has 1 aliphatic heterocycles. The topological polar surface area (TPSA) is 75.4 Å². The van der Waals surface area contributed by atoms with Gasteiger partial charge in [0.15, 0.2) is 0 Å². The lowest BCUT2D eigenvalue weighted by molar-refractivity contribution is -0.131. The van der Waals surface area contributed by atoms with Gasteiger partial charge in [-0.15, -0.1) is 12.4 Å². The summed E-state index contributed by atoms with van der Waals surface area (Å²) in [4.78, 5) is 26.3. The molecule has 1 saturated heterocycles. The van der Waals surface area contributed by atoms with Gasteiger partial charge in [-0.2, -0.15) is 0 Å². The van der Waals surface area contributed by atoms with E-state index < -0.39 is 0 Å². The summed E-state index contributed by atoms with van der Waals surface area (Å²) in [7, 11) is 0. The lowest BCUT2D eigenvalue weighted by atomic mass is 9.71. The minimum absolute atomic E-state index is 0. The van der Waals surface area contributed by atoms with Crippen molar-refractivity contribution in [3.63, 3.8) is 0 Å². The van der Waals surface area contributed by atoms with Crippen molar-refractivity contribution >= 4 is 24.2 Å². The Bertz CT molecular complexity index is 428. The molecule has 1 aliphatic carbocycles. The van der Waals surface area contributed by atoms with Crippen LogP contribution in [-0.2, 0) is 9.59 Å². The van der Waals surface area contributed by atoms with Gasteiger partial charge in [0.1, 0.15) is 0 Å². The van der Waals surface area contributed by atoms with E-state index in [1.54, 1.807) is 0 Å². The van der Waals surface area contributed by atoms with Crippen molar-refractivity contribution in [1.82, 2.24) is 10.2 Å². The van der Waals surface area contributed by atoms with Crippen LogP contribution < -0.4 is 11.1 Å². The van der Waals surface area contributed by atoms with Crippen LogP contribution in [-0.4, -0.2) is 41.4 Å². The first kappa shape index (κ1) is 20.2. The van der Waals surface area contributed by atoms with Gasteiger partial charge in [0.2, 0.25) is 11.8 Å². The fourth-order valence-electron chi connectivity index (χ4n) is 3.83. The highest BCUT2D eigenvalue weighted by Gasteiger charge is 2.38. The van der Waals surface area contributed by atoms with E-state index in [0.717, 1.165) is 12.8 Å². The zero-order valence-electron chi connectivity index (χ0n) is 14.7. The van der Waals surface area contributed by atoms with Gasteiger partial charge in [0, 0.05) is 24.9 Å². The zero-order valence-corrected chi connectivity index (χ0v) is 15.5. The molecular formula is C17H32ClN3O2. The van der Waals surface area contributed by atoms with Crippen LogP contribution in [0.15, 0.2) is 0 Å². The summed E-state index contributed by atoms with van der Waals surface area (Å²) < 4.78 is 0. The second-order valence-electron chi connectivity index (χ2n) is 8.09. The first-order valence-electron chi connectivity index (χ1n) is 8.56. The summed E-state index contributed by atoms with van der Waals surface area (Å²) in [6.45, 7) is 7.28. The Labute approximate surface area is 146 Å². The predicted molar refractivity (Wildman–Crippen MR) is 94.5 cm³/mol. The zero-order chi connectivity index (χ0) is 16.4. The lowest BCUT2D eigenvalue weighted by Gasteiger charge is -2.36. The van der Waals surface area contributed by atoms with E-state index in [4.69, 9.17) is 5.73 Å². The van der Waals surface area contributed by atoms with Gasteiger partial charge in [-0.1, -0.05) is 19.3 Å². The van der Waals surface area contributed by atoms with Crippen LogP contribution >= 0.6 is 12.4 Å². The predicted octanol–water partition coefficient (Wildman–Crippen LogP) is 2.22. The molecule has 6 heteroatoms. The number of carbonyl (C=O) groups is 2. The lowest BCUT2D eigenvalue weighted by Crippen LogP contribution is -2.45. The minimum Gasteiger partial charge on any atom is -0.351 e. The Kier molecular flexibility index (Phi) is 6.90. The summed E-state index contributed by atoms with van der Waals surface area (Å²) in [6, 6.07) is -0.0577. The van der Waals surface area contributed by atoms with Gasteiger partial charge in [0.05, 0.1) is 6.04 Å². The number of halogens is 1. The number of nitrogens with one attached hydrogen (secondary N) is 1. The molecule has 0 aromatic rings. The number of nitrogens with zero attached hydrogens (tertiary/aromatic N) is 1. The van der Waals surface area contributed by atoms with Gasteiger partial charge in [-0.3, -0.25) is 9.59 Å². The Hall–Kier alpha value is -0.810. The van der Waals surface area contributed by atoms with Crippen molar-refractivity contribution in [2.45, 2.75) is 77.3 Å². The summed E-state index contributed by atoms with van der Waals surface area (Å²) in [5, 5.41) is 3.06. The molecular weight excluding hydrogens is 314 g/mol. The van der Waals surface area contributed by atoms with E-state index in [2.05, 4.69) is 5.32 Å². The van der Waals surface area contributed by atoms with Crippen molar-refractivity contribution < 1.29 is 9.59 Å². The molecule has 2 aliphatic rings. The first-order chi connectivity index (χ1) is 10.3. The van der Waals surface area contributed by atoms with Crippen LogP contribution in [0.25, 0.3) is 0 Å². The van der Waals surface area contributed by atoms with Gasteiger partial charge in [-0.05, 0) is 45.6 Å². The highest BCUT2D eigenvalue weighted by Crippen LogP contribution is 2.38. The molecule has 1 atom stereocenters. The number of hydrogen-bond acceptors (Lipinski definition) is 3. The monoisotopic (exact) mass is 345 g/mol. The third-order valence-corrected chi connectivity index (χ3v) is 5.18. The average Bonchev–Trinajstić information content (AvgIpc) is 2.80. The van der Waals surface area contributed by atoms with E-state index in [0.29, 0.717) is 25.9 Å². The minimum atomic E-state index is -0.182. The summed E-state index contributed by atoms with van der Waals surface area (Å²) in [5.74, 6) is 0.185. The molecule has 0 spiro atoms. The Morgan fingerprint density at radius 3 is 2.39 bits per heavy atom. The Balaban J connectivity index is 0.00000264. The molecule has 5 nitrogen and oxygen atoms in total. The highest BCUT2D eigenvalue weighted by molar-refractivity contribution is 5.85. The molecule has 2 fully saturated rings. The van der Waals surface area contributed by atoms with E-state index in [9.17, 15) is 9.59 Å². The van der Waals surface area contributed by atoms with E-state index in [-0.39, 0.29) is 41.2 Å². The molecule has 1 unspecified atom stereocenters. The molecule has 3 N–H and O–H groups in total. The van der Waals surface area contributed by atoms with Crippen LogP contribution in [0.2, 0.25) is 0 Å². The number of rotatable bonds is 4. The molecule has 0 aromatic carbocycles. The van der Waals surface area contributed by atoms with E-state index in [1.807, 2.05) is 25.7 Å². The van der Waals surface area contributed by atoms with Crippen LogP contribution in [0.5, 0.6) is 0 Å². The van der Waals surface area contributed by atoms with E-state index >= 15 is 0 Å². The Morgan fingerprint density at radius 2 is 1.91 bits per heavy atom. The number of amides is 2. The fourth-order valence-corrected chi connectivity index (χ4v) is 3.83. The van der Waals surface area contributed by atoms with Gasteiger partial charge in [0.25, 0.3) is 0 Å². The molecule has 1 heterocycles. The van der Waals surface area contributed by atoms with Crippen molar-refractivity contribution in [3.8, 4) is 0 Å². The SMILES string of the molecule is CC(C)(C)N1CC(NC(=O)CC2(CN)CCCCC2)CC1=O.Cl. The molecule has 0 radical (unpaired) electrons. The van der Waals surface area contributed by atoms with Crippen LogP contribution in [0.4, 0.5) is 0 Å². The summed E-state index contributed by atoms with van der Waals surface area (Å²) in [5.41, 5.74) is 5.75. The fraction of sp³-hybridized carbons (Fsp3) is 0.882. The normalized spacial score (nSPS) is 24.3. The second kappa shape index (κ2) is 7.84. The van der Waals surface area contributed by atoms with Crippen LogP contribution in [0, 0.1) is 5.41 Å². The largest absolute Gasteiger partial charge is 0.351 e. The maximum Gasteiger partial charge on any atom is 0.225 e. The molecule has 134 valence electrons. The van der Waals surface area contributed by atoms with Crippen molar-refractivity contribution in [3.05, 3.63) is 0 Å². The molecule has 0 aromatic heterocycles. The van der Waals surface area contributed by atoms with Crippen molar-refractivity contribution in [2.75, 3.05) is 13.1 Å². The quantitative estimate of drug-likeness (QED) is 0.820. The van der Waals surface area contributed by atoms with Crippen LogP contribution in [0.3, 0.4) is 0 Å². The second-order valence-corrected chi connectivity index (χ2v) is 8.09. The first-order valence-corrected chi connectivity index (χ1v) is 8.56. The highest BCUT2D eigenvalue weighted by atomic mass is 35.5. The molecule has 23 heavy (non-hydrogen) atoms. The van der Waals surface area contributed by atoms with Gasteiger partial charge in [-0.25, -0.2) is 0 Å². The maximum atomic E-state index is 12.4. The molecule has 2 rings (SSSR count). The number of nitrogens with two attached hydrogens (primary N) is 1. The number of carbonyl (C=O) groups excluding carboxylic acids is 2. The van der Waals surface area contributed by atoms with Crippen molar-refractivity contribution in [2.24, 2.45) is 11.1 Å². The van der Waals surface area contributed by atoms with Crippen LogP contribution in [0.1, 0.15) is 65.7 Å².